The van der Waals surface area contributed by atoms with Crippen LogP contribution in [-0.2, 0) is 9.59 Å². The molecule has 0 atom stereocenters. The molecule has 7 heteroatoms. The maximum absolute atomic E-state index is 13.6. The number of imide groups is 1. The van der Waals surface area contributed by atoms with Gasteiger partial charge in [0.1, 0.15) is 17.3 Å². The molecule has 3 aromatic carbocycles. The number of rotatable bonds is 6. The fourth-order valence-corrected chi connectivity index (χ4v) is 3.53. The van der Waals surface area contributed by atoms with Crippen LogP contribution >= 0.6 is 11.6 Å². The lowest BCUT2D eigenvalue weighted by Gasteiger charge is -2.16. The number of nitrogens with one attached hydrogen (secondary N) is 1. The normalized spacial score (nSPS) is 13.7. The van der Waals surface area contributed by atoms with E-state index in [9.17, 15) is 14.0 Å². The van der Waals surface area contributed by atoms with E-state index in [0.29, 0.717) is 23.6 Å². The standard InChI is InChI=1S/C24H18ClFN2O3/c1-2-31-18-10-6-9-16(13-18)27-22-21(15-7-4-3-5-8-15)23(29)28(24(22)30)17-11-12-20(26)19(25)14-17/h3-14,27H,2H2,1H3. The second kappa shape index (κ2) is 8.62. The third kappa shape index (κ3) is 4.02. The summed E-state index contributed by atoms with van der Waals surface area (Å²) in [5.74, 6) is -1.09. The quantitative estimate of drug-likeness (QED) is 0.534. The van der Waals surface area contributed by atoms with Crippen molar-refractivity contribution in [1.82, 2.24) is 0 Å². The fraction of sp³-hybridized carbons (Fsp3) is 0.0833. The fourth-order valence-electron chi connectivity index (χ4n) is 3.35. The lowest BCUT2D eigenvalue weighted by molar-refractivity contribution is -0.120. The third-order valence-electron chi connectivity index (χ3n) is 4.72. The molecule has 31 heavy (non-hydrogen) atoms. The summed E-state index contributed by atoms with van der Waals surface area (Å²) < 4.78 is 19.1. The number of hydrogen-bond donors (Lipinski definition) is 1. The molecular weight excluding hydrogens is 419 g/mol. The molecule has 0 radical (unpaired) electrons. The van der Waals surface area contributed by atoms with Gasteiger partial charge in [-0.3, -0.25) is 9.59 Å². The number of carbonyl (C=O) groups is 2. The maximum atomic E-state index is 13.6. The van der Waals surface area contributed by atoms with Gasteiger partial charge in [-0.2, -0.15) is 0 Å². The molecule has 1 aliphatic heterocycles. The molecule has 5 nitrogen and oxygen atoms in total. The van der Waals surface area contributed by atoms with E-state index in [0.717, 1.165) is 11.0 Å². The average Bonchev–Trinajstić information content (AvgIpc) is 3.01. The Morgan fingerprint density at radius 1 is 0.968 bits per heavy atom. The van der Waals surface area contributed by atoms with Gasteiger partial charge in [0.25, 0.3) is 11.8 Å². The summed E-state index contributed by atoms with van der Waals surface area (Å²) >= 11 is 5.89. The molecule has 1 heterocycles. The molecule has 0 aromatic heterocycles. The largest absolute Gasteiger partial charge is 0.494 e. The molecule has 4 rings (SSSR count). The second-order valence-corrected chi connectivity index (χ2v) is 7.15. The zero-order valence-electron chi connectivity index (χ0n) is 16.6. The van der Waals surface area contributed by atoms with Crippen LogP contribution in [0.3, 0.4) is 0 Å². The molecule has 0 aliphatic carbocycles. The number of hydrogen-bond acceptors (Lipinski definition) is 4. The summed E-state index contributed by atoms with van der Waals surface area (Å²) in [7, 11) is 0. The van der Waals surface area contributed by atoms with Crippen molar-refractivity contribution < 1.29 is 18.7 Å². The van der Waals surface area contributed by atoms with E-state index in [1.54, 1.807) is 48.5 Å². The van der Waals surface area contributed by atoms with Crippen molar-refractivity contribution in [3.8, 4) is 5.75 Å². The maximum Gasteiger partial charge on any atom is 0.282 e. The van der Waals surface area contributed by atoms with Crippen molar-refractivity contribution in [3.05, 3.63) is 94.9 Å². The van der Waals surface area contributed by atoms with Crippen molar-refractivity contribution in [2.75, 3.05) is 16.8 Å². The summed E-state index contributed by atoms with van der Waals surface area (Å²) in [6, 6.07) is 19.7. The molecular formula is C24H18ClFN2O3. The van der Waals surface area contributed by atoms with Crippen LogP contribution in [0.2, 0.25) is 5.02 Å². The van der Waals surface area contributed by atoms with E-state index in [1.165, 1.54) is 12.1 Å². The van der Waals surface area contributed by atoms with E-state index in [1.807, 2.05) is 13.0 Å². The Kier molecular flexibility index (Phi) is 5.73. The van der Waals surface area contributed by atoms with E-state index in [-0.39, 0.29) is 22.0 Å². The van der Waals surface area contributed by atoms with Crippen LogP contribution in [0, 0.1) is 5.82 Å². The molecule has 0 unspecified atom stereocenters. The average molecular weight is 437 g/mol. The first-order valence-electron chi connectivity index (χ1n) is 9.63. The summed E-state index contributed by atoms with van der Waals surface area (Å²) in [5.41, 5.74) is 1.70. The van der Waals surface area contributed by atoms with E-state index < -0.39 is 17.6 Å². The first-order valence-corrected chi connectivity index (χ1v) is 10.0. The number of benzene rings is 3. The zero-order valence-corrected chi connectivity index (χ0v) is 17.3. The summed E-state index contributed by atoms with van der Waals surface area (Å²) in [6.07, 6.45) is 0. The molecule has 0 saturated carbocycles. The lowest BCUT2D eigenvalue weighted by Crippen LogP contribution is -2.32. The Morgan fingerprint density at radius 3 is 2.45 bits per heavy atom. The summed E-state index contributed by atoms with van der Waals surface area (Å²) in [6.45, 7) is 2.37. The smallest absolute Gasteiger partial charge is 0.282 e. The highest BCUT2D eigenvalue weighted by Gasteiger charge is 2.40. The Balaban J connectivity index is 1.79. The topological polar surface area (TPSA) is 58.6 Å². The van der Waals surface area contributed by atoms with Crippen LogP contribution in [0.1, 0.15) is 12.5 Å². The minimum absolute atomic E-state index is 0.116. The minimum Gasteiger partial charge on any atom is -0.494 e. The number of anilines is 2. The highest BCUT2D eigenvalue weighted by molar-refractivity contribution is 6.46. The van der Waals surface area contributed by atoms with Crippen molar-refractivity contribution >= 4 is 40.4 Å². The molecule has 3 aromatic rings. The Hall–Kier alpha value is -3.64. The van der Waals surface area contributed by atoms with E-state index in [2.05, 4.69) is 5.32 Å². The molecule has 0 saturated heterocycles. The monoisotopic (exact) mass is 436 g/mol. The third-order valence-corrected chi connectivity index (χ3v) is 5.01. The highest BCUT2D eigenvalue weighted by atomic mass is 35.5. The van der Waals surface area contributed by atoms with E-state index in [4.69, 9.17) is 16.3 Å². The first kappa shape index (κ1) is 20.6. The lowest BCUT2D eigenvalue weighted by atomic mass is 10.0. The SMILES string of the molecule is CCOc1cccc(NC2=C(c3ccccc3)C(=O)N(c3ccc(F)c(Cl)c3)C2=O)c1. The predicted octanol–water partition coefficient (Wildman–Crippen LogP) is 5.27. The number of nitrogens with zero attached hydrogens (tertiary/aromatic N) is 1. The molecule has 0 bridgehead atoms. The Morgan fingerprint density at radius 2 is 1.74 bits per heavy atom. The van der Waals surface area contributed by atoms with Gasteiger partial charge in [-0.15, -0.1) is 0 Å². The van der Waals surface area contributed by atoms with Gasteiger partial charge in [0.15, 0.2) is 0 Å². The van der Waals surface area contributed by atoms with Crippen molar-refractivity contribution in [2.45, 2.75) is 6.92 Å². The number of halogens is 2. The van der Waals surface area contributed by atoms with Crippen LogP contribution in [0.15, 0.2) is 78.5 Å². The molecule has 2 amide bonds. The van der Waals surface area contributed by atoms with Gasteiger partial charge in [-0.25, -0.2) is 9.29 Å². The van der Waals surface area contributed by atoms with Crippen LogP contribution in [0.5, 0.6) is 5.75 Å². The van der Waals surface area contributed by atoms with Gasteiger partial charge in [0.2, 0.25) is 0 Å². The van der Waals surface area contributed by atoms with Gasteiger partial charge in [0, 0.05) is 11.8 Å². The highest BCUT2D eigenvalue weighted by Crippen LogP contribution is 2.35. The van der Waals surface area contributed by atoms with Crippen LogP contribution in [0.25, 0.3) is 5.57 Å². The second-order valence-electron chi connectivity index (χ2n) is 6.75. The number of ether oxygens (including phenoxy) is 1. The number of amides is 2. The summed E-state index contributed by atoms with van der Waals surface area (Å²) in [4.78, 5) is 27.6. The Bertz CT molecular complexity index is 1190. The molecule has 0 spiro atoms. The van der Waals surface area contributed by atoms with Gasteiger partial charge in [-0.05, 0) is 42.8 Å². The Labute approximate surface area is 183 Å². The van der Waals surface area contributed by atoms with Gasteiger partial charge in [0.05, 0.1) is 22.9 Å². The first-order chi connectivity index (χ1) is 15.0. The zero-order chi connectivity index (χ0) is 22.0. The van der Waals surface area contributed by atoms with Crippen LogP contribution in [-0.4, -0.2) is 18.4 Å². The summed E-state index contributed by atoms with van der Waals surface area (Å²) in [5, 5.41) is 2.90. The van der Waals surface area contributed by atoms with Crippen molar-refractivity contribution in [1.29, 1.82) is 0 Å². The minimum atomic E-state index is -0.633. The number of carbonyl (C=O) groups excluding carboxylic acids is 2. The van der Waals surface area contributed by atoms with Gasteiger partial charge in [-0.1, -0.05) is 48.0 Å². The van der Waals surface area contributed by atoms with Crippen LogP contribution in [0.4, 0.5) is 15.8 Å². The molecule has 156 valence electrons. The van der Waals surface area contributed by atoms with Crippen LogP contribution < -0.4 is 15.0 Å². The van der Waals surface area contributed by atoms with Gasteiger partial charge >= 0.3 is 0 Å². The van der Waals surface area contributed by atoms with Crippen molar-refractivity contribution in [3.63, 3.8) is 0 Å². The van der Waals surface area contributed by atoms with Gasteiger partial charge < -0.3 is 10.1 Å². The van der Waals surface area contributed by atoms with E-state index >= 15 is 0 Å². The molecule has 0 fully saturated rings. The van der Waals surface area contributed by atoms with Crippen molar-refractivity contribution in [2.24, 2.45) is 0 Å². The molecule has 1 aliphatic rings. The predicted molar refractivity (Wildman–Crippen MR) is 118 cm³/mol. The molecule has 1 N–H and O–H groups in total.